The fourth-order valence-electron chi connectivity index (χ4n) is 1.64. The molecule has 0 aliphatic heterocycles. The third-order valence-corrected chi connectivity index (χ3v) is 4.30. The van der Waals surface area contributed by atoms with E-state index in [4.69, 9.17) is 5.11 Å². The van der Waals surface area contributed by atoms with Gasteiger partial charge in [0, 0.05) is 6.61 Å². The molecule has 0 atom stereocenters. The van der Waals surface area contributed by atoms with Crippen LogP contribution in [0.25, 0.3) is 0 Å². The number of aliphatic hydroxyl groups excluding tert-OH is 1. The lowest BCUT2D eigenvalue weighted by atomic mass is 10.2. The molecule has 8 heteroatoms. The standard InChI is InChI=1S/C13H16N4O3S/c1-9-10(2)15-16-13(14-9)17-21(19,20)12-5-3-11(4-6-12)7-8-18/h3-6,18H,7-8H2,1-2H3,(H,14,16,17). The molecular formula is C13H16N4O3S. The normalized spacial score (nSPS) is 11.4. The van der Waals surface area contributed by atoms with Crippen LogP contribution in [-0.2, 0) is 16.4 Å². The van der Waals surface area contributed by atoms with Crippen LogP contribution in [-0.4, -0.2) is 35.3 Å². The van der Waals surface area contributed by atoms with Crippen molar-refractivity contribution >= 4 is 16.0 Å². The Hall–Kier alpha value is -2.06. The second kappa shape index (κ2) is 6.15. The Morgan fingerprint density at radius 2 is 1.76 bits per heavy atom. The van der Waals surface area contributed by atoms with Crippen LogP contribution in [0.5, 0.6) is 0 Å². The maximum absolute atomic E-state index is 12.2. The minimum absolute atomic E-state index is 0.0203. The summed E-state index contributed by atoms with van der Waals surface area (Å²) in [6, 6.07) is 6.26. The third kappa shape index (κ3) is 3.73. The molecular weight excluding hydrogens is 292 g/mol. The molecule has 2 rings (SSSR count). The van der Waals surface area contributed by atoms with E-state index in [-0.39, 0.29) is 17.5 Å². The monoisotopic (exact) mass is 308 g/mol. The van der Waals surface area contributed by atoms with Gasteiger partial charge in [-0.1, -0.05) is 12.1 Å². The number of rotatable bonds is 5. The zero-order valence-electron chi connectivity index (χ0n) is 11.7. The van der Waals surface area contributed by atoms with Crippen molar-refractivity contribution in [3.8, 4) is 0 Å². The highest BCUT2D eigenvalue weighted by atomic mass is 32.2. The van der Waals surface area contributed by atoms with E-state index in [1.54, 1.807) is 26.0 Å². The summed E-state index contributed by atoms with van der Waals surface area (Å²) in [5, 5.41) is 16.4. The van der Waals surface area contributed by atoms with E-state index in [1.807, 2.05) is 0 Å². The molecule has 7 nitrogen and oxygen atoms in total. The van der Waals surface area contributed by atoms with Crippen LogP contribution in [0.2, 0.25) is 0 Å². The van der Waals surface area contributed by atoms with E-state index < -0.39 is 10.0 Å². The molecule has 0 amide bonds. The van der Waals surface area contributed by atoms with E-state index >= 15 is 0 Å². The van der Waals surface area contributed by atoms with Gasteiger partial charge in [0.25, 0.3) is 16.0 Å². The molecule has 2 N–H and O–H groups in total. The van der Waals surface area contributed by atoms with Crippen LogP contribution in [0.1, 0.15) is 17.0 Å². The number of nitrogens with zero attached hydrogens (tertiary/aromatic N) is 3. The van der Waals surface area contributed by atoms with Gasteiger partial charge in [-0.15, -0.1) is 5.10 Å². The maximum Gasteiger partial charge on any atom is 0.264 e. The zero-order valence-corrected chi connectivity index (χ0v) is 12.6. The Labute approximate surface area is 123 Å². The van der Waals surface area contributed by atoms with Gasteiger partial charge in [0.15, 0.2) is 0 Å². The number of hydrogen-bond donors (Lipinski definition) is 2. The van der Waals surface area contributed by atoms with Crippen LogP contribution in [0.4, 0.5) is 5.95 Å². The van der Waals surface area contributed by atoms with Crippen LogP contribution in [0.3, 0.4) is 0 Å². The summed E-state index contributed by atoms with van der Waals surface area (Å²) in [7, 11) is -3.75. The lowest BCUT2D eigenvalue weighted by Crippen LogP contribution is -2.16. The van der Waals surface area contributed by atoms with Gasteiger partial charge in [-0.05, 0) is 38.0 Å². The van der Waals surface area contributed by atoms with Crippen LogP contribution >= 0.6 is 0 Å². The summed E-state index contributed by atoms with van der Waals surface area (Å²) >= 11 is 0. The Balaban J connectivity index is 2.23. The van der Waals surface area contributed by atoms with E-state index in [0.29, 0.717) is 17.8 Å². The van der Waals surface area contributed by atoms with Gasteiger partial charge in [-0.25, -0.2) is 18.1 Å². The quantitative estimate of drug-likeness (QED) is 0.847. The predicted octanol–water partition coefficient (Wildman–Crippen LogP) is 0.824. The van der Waals surface area contributed by atoms with E-state index in [1.165, 1.54) is 12.1 Å². The Morgan fingerprint density at radius 3 is 2.33 bits per heavy atom. The summed E-state index contributed by atoms with van der Waals surface area (Å²) in [5.41, 5.74) is 2.12. The fourth-order valence-corrected chi connectivity index (χ4v) is 2.58. The molecule has 112 valence electrons. The smallest absolute Gasteiger partial charge is 0.264 e. The maximum atomic E-state index is 12.2. The molecule has 21 heavy (non-hydrogen) atoms. The lowest BCUT2D eigenvalue weighted by molar-refractivity contribution is 0.299. The fraction of sp³-hybridized carbons (Fsp3) is 0.308. The first-order valence-electron chi connectivity index (χ1n) is 6.33. The SMILES string of the molecule is Cc1nnc(NS(=O)(=O)c2ccc(CCO)cc2)nc1C. The van der Waals surface area contributed by atoms with Crippen molar-refractivity contribution in [3.63, 3.8) is 0 Å². The highest BCUT2D eigenvalue weighted by Gasteiger charge is 2.16. The van der Waals surface area contributed by atoms with Crippen molar-refractivity contribution < 1.29 is 13.5 Å². The molecule has 1 heterocycles. The molecule has 0 aliphatic carbocycles. The number of sulfonamides is 1. The first kappa shape index (κ1) is 15.3. The summed E-state index contributed by atoms with van der Waals surface area (Å²) < 4.78 is 26.7. The van der Waals surface area contributed by atoms with Gasteiger partial charge in [-0.3, -0.25) is 0 Å². The molecule has 2 aromatic rings. The number of nitrogens with one attached hydrogen (secondary N) is 1. The summed E-state index contributed by atoms with van der Waals surface area (Å²) in [5.74, 6) is -0.0578. The van der Waals surface area contributed by atoms with Gasteiger partial charge < -0.3 is 5.11 Å². The summed E-state index contributed by atoms with van der Waals surface area (Å²) in [6.45, 7) is 3.49. The molecule has 0 saturated carbocycles. The van der Waals surface area contributed by atoms with Crippen LogP contribution in [0, 0.1) is 13.8 Å². The number of aryl methyl sites for hydroxylation is 2. The molecule has 0 saturated heterocycles. The van der Waals surface area contributed by atoms with Gasteiger partial charge in [0.2, 0.25) is 0 Å². The number of hydrogen-bond acceptors (Lipinski definition) is 6. The second-order valence-electron chi connectivity index (χ2n) is 4.53. The van der Waals surface area contributed by atoms with E-state index in [2.05, 4.69) is 19.9 Å². The number of aliphatic hydroxyl groups is 1. The highest BCUT2D eigenvalue weighted by molar-refractivity contribution is 7.92. The molecule has 0 aliphatic rings. The number of benzene rings is 1. The third-order valence-electron chi connectivity index (χ3n) is 2.95. The average Bonchev–Trinajstić information content (AvgIpc) is 2.44. The average molecular weight is 308 g/mol. The van der Waals surface area contributed by atoms with Crippen molar-refractivity contribution in [1.29, 1.82) is 0 Å². The molecule has 0 fully saturated rings. The van der Waals surface area contributed by atoms with Crippen molar-refractivity contribution in [2.75, 3.05) is 11.3 Å². The Morgan fingerprint density at radius 1 is 1.10 bits per heavy atom. The van der Waals surface area contributed by atoms with Crippen LogP contribution < -0.4 is 4.72 Å². The summed E-state index contributed by atoms with van der Waals surface area (Å²) in [6.07, 6.45) is 0.484. The summed E-state index contributed by atoms with van der Waals surface area (Å²) in [4.78, 5) is 4.14. The molecule has 0 bridgehead atoms. The first-order valence-corrected chi connectivity index (χ1v) is 7.81. The lowest BCUT2D eigenvalue weighted by Gasteiger charge is -2.08. The predicted molar refractivity (Wildman–Crippen MR) is 77.3 cm³/mol. The van der Waals surface area contributed by atoms with Gasteiger partial charge >= 0.3 is 0 Å². The molecule has 0 radical (unpaired) electrons. The van der Waals surface area contributed by atoms with Crippen molar-refractivity contribution in [2.24, 2.45) is 0 Å². The minimum Gasteiger partial charge on any atom is -0.396 e. The minimum atomic E-state index is -3.75. The molecule has 1 aromatic heterocycles. The Kier molecular flexibility index (Phi) is 4.49. The number of aromatic nitrogens is 3. The van der Waals surface area contributed by atoms with Crippen molar-refractivity contribution in [3.05, 3.63) is 41.2 Å². The zero-order chi connectivity index (χ0) is 15.5. The molecule has 0 unspecified atom stereocenters. The highest BCUT2D eigenvalue weighted by Crippen LogP contribution is 2.14. The topological polar surface area (TPSA) is 105 Å². The van der Waals surface area contributed by atoms with E-state index in [9.17, 15) is 8.42 Å². The van der Waals surface area contributed by atoms with E-state index in [0.717, 1.165) is 5.56 Å². The van der Waals surface area contributed by atoms with Crippen LogP contribution in [0.15, 0.2) is 29.2 Å². The van der Waals surface area contributed by atoms with Gasteiger partial charge in [0.1, 0.15) is 0 Å². The largest absolute Gasteiger partial charge is 0.396 e. The van der Waals surface area contributed by atoms with Gasteiger partial charge in [-0.2, -0.15) is 5.10 Å². The first-order chi connectivity index (χ1) is 9.92. The number of anilines is 1. The van der Waals surface area contributed by atoms with Crippen molar-refractivity contribution in [2.45, 2.75) is 25.2 Å². The Bertz CT molecular complexity index is 730. The van der Waals surface area contributed by atoms with Gasteiger partial charge in [0.05, 0.1) is 16.3 Å². The van der Waals surface area contributed by atoms with Crippen molar-refractivity contribution in [1.82, 2.24) is 15.2 Å². The molecule has 0 spiro atoms. The second-order valence-corrected chi connectivity index (χ2v) is 6.21. The molecule has 1 aromatic carbocycles.